The fourth-order valence-corrected chi connectivity index (χ4v) is 2.60. The van der Waals surface area contributed by atoms with Crippen LogP contribution in [0.3, 0.4) is 0 Å². The van der Waals surface area contributed by atoms with Crippen molar-refractivity contribution >= 4 is 21.4 Å². The maximum atomic E-state index is 5.60. The number of fused-ring (bicyclic) bond motifs is 1. The lowest BCUT2D eigenvalue weighted by atomic mass is 10.2. The average Bonchev–Trinajstić information content (AvgIpc) is 2.68. The molecule has 0 aliphatic rings. The fraction of sp³-hybridized carbons (Fsp3) is 0.429. The molecule has 0 bridgehead atoms. The second-order valence-corrected chi connectivity index (χ2v) is 6.36. The first kappa shape index (κ1) is 12.6. The van der Waals surface area contributed by atoms with Gasteiger partial charge in [0, 0.05) is 9.58 Å². The molecule has 2 aromatic rings. The summed E-state index contributed by atoms with van der Waals surface area (Å²) in [6, 6.07) is 10.9. The highest BCUT2D eigenvalue weighted by atomic mass is 32.1. The van der Waals surface area contributed by atoms with Crippen LogP contribution in [0.4, 0.5) is 0 Å². The third-order valence-corrected chi connectivity index (χ3v) is 3.71. The molecule has 1 N–H and O–H groups in total. The summed E-state index contributed by atoms with van der Waals surface area (Å²) in [5, 5.41) is 1.30. The summed E-state index contributed by atoms with van der Waals surface area (Å²) in [7, 11) is 0. The molecule has 0 saturated heterocycles. The molecule has 2 nitrogen and oxygen atoms in total. The van der Waals surface area contributed by atoms with Crippen LogP contribution in [-0.4, -0.2) is 5.60 Å². The Balaban J connectivity index is 2.11. The van der Waals surface area contributed by atoms with E-state index in [2.05, 4.69) is 42.7 Å². The van der Waals surface area contributed by atoms with Crippen LogP contribution in [0.15, 0.2) is 30.3 Å². The van der Waals surface area contributed by atoms with E-state index in [1.54, 1.807) is 0 Å². The maximum Gasteiger partial charge on any atom is 0.0813 e. The summed E-state index contributed by atoms with van der Waals surface area (Å²) in [5.41, 5.74) is 2.95. The molecule has 3 heteroatoms. The smallest absolute Gasteiger partial charge is 0.0813 e. The van der Waals surface area contributed by atoms with Crippen LogP contribution in [0.25, 0.3) is 10.1 Å². The number of benzene rings is 1. The lowest BCUT2D eigenvalue weighted by molar-refractivity contribution is -0.0861. The molecular formula is C14H19NOS. The van der Waals surface area contributed by atoms with Gasteiger partial charge in [-0.05, 0) is 45.2 Å². The molecule has 0 fully saturated rings. The molecule has 0 amide bonds. The number of nitrogens with one attached hydrogen (secondary N) is 1. The largest absolute Gasteiger partial charge is 0.295 e. The van der Waals surface area contributed by atoms with Crippen LogP contribution in [0.2, 0.25) is 0 Å². The lowest BCUT2D eigenvalue weighted by Crippen LogP contribution is -2.30. The summed E-state index contributed by atoms with van der Waals surface area (Å²) in [6.45, 7) is 8.24. The van der Waals surface area contributed by atoms with Gasteiger partial charge in [-0.3, -0.25) is 4.84 Å². The third kappa shape index (κ3) is 3.28. The minimum atomic E-state index is -0.162. The van der Waals surface area contributed by atoms with Crippen molar-refractivity contribution in [1.29, 1.82) is 0 Å². The van der Waals surface area contributed by atoms with Crippen molar-refractivity contribution in [3.8, 4) is 0 Å². The number of hydrogen-bond acceptors (Lipinski definition) is 3. The van der Waals surface area contributed by atoms with E-state index in [4.69, 9.17) is 4.84 Å². The summed E-state index contributed by atoms with van der Waals surface area (Å²) in [5.74, 6) is 0. The van der Waals surface area contributed by atoms with Crippen LogP contribution in [0, 0.1) is 0 Å². The molecule has 0 aliphatic carbocycles. The van der Waals surface area contributed by atoms with Crippen molar-refractivity contribution in [1.82, 2.24) is 5.48 Å². The Morgan fingerprint density at radius 1 is 1.24 bits per heavy atom. The average molecular weight is 249 g/mol. The Kier molecular flexibility index (Phi) is 3.52. The van der Waals surface area contributed by atoms with Gasteiger partial charge in [-0.2, -0.15) is 5.48 Å². The highest BCUT2D eigenvalue weighted by Crippen LogP contribution is 2.29. The SMILES string of the molecule is CC(NOC(C)(C)C)c1cc2ccccc2s1. The Hall–Kier alpha value is -0.900. The van der Waals surface area contributed by atoms with E-state index in [9.17, 15) is 0 Å². The maximum absolute atomic E-state index is 5.60. The van der Waals surface area contributed by atoms with Gasteiger partial charge in [-0.15, -0.1) is 11.3 Å². The van der Waals surface area contributed by atoms with Crippen molar-refractivity contribution in [2.24, 2.45) is 0 Å². The van der Waals surface area contributed by atoms with Crippen molar-refractivity contribution in [3.63, 3.8) is 0 Å². The van der Waals surface area contributed by atoms with E-state index in [0.717, 1.165) is 0 Å². The molecule has 0 saturated carbocycles. The molecule has 0 aliphatic heterocycles. The molecule has 2 rings (SSSR count). The van der Waals surface area contributed by atoms with Crippen LogP contribution >= 0.6 is 11.3 Å². The first-order valence-electron chi connectivity index (χ1n) is 5.88. The van der Waals surface area contributed by atoms with Crippen molar-refractivity contribution in [2.75, 3.05) is 0 Å². The van der Waals surface area contributed by atoms with Crippen LogP contribution < -0.4 is 5.48 Å². The van der Waals surface area contributed by atoms with E-state index < -0.39 is 0 Å². The third-order valence-electron chi connectivity index (χ3n) is 2.41. The first-order valence-corrected chi connectivity index (χ1v) is 6.69. The van der Waals surface area contributed by atoms with Crippen molar-refractivity contribution in [2.45, 2.75) is 39.3 Å². The highest BCUT2D eigenvalue weighted by Gasteiger charge is 2.14. The normalized spacial score (nSPS) is 14.1. The van der Waals surface area contributed by atoms with Gasteiger partial charge in [0.2, 0.25) is 0 Å². The van der Waals surface area contributed by atoms with Gasteiger partial charge in [-0.25, -0.2) is 0 Å². The second kappa shape index (κ2) is 4.77. The zero-order valence-corrected chi connectivity index (χ0v) is 11.6. The molecule has 17 heavy (non-hydrogen) atoms. The quantitative estimate of drug-likeness (QED) is 0.820. The van der Waals surface area contributed by atoms with Crippen molar-refractivity contribution in [3.05, 3.63) is 35.2 Å². The van der Waals surface area contributed by atoms with E-state index >= 15 is 0 Å². The summed E-state index contributed by atoms with van der Waals surface area (Å²) < 4.78 is 1.33. The predicted molar refractivity (Wildman–Crippen MR) is 74.2 cm³/mol. The van der Waals surface area contributed by atoms with Gasteiger partial charge in [0.1, 0.15) is 0 Å². The van der Waals surface area contributed by atoms with Crippen LogP contribution in [-0.2, 0) is 4.84 Å². The molecule has 1 aromatic carbocycles. The zero-order chi connectivity index (χ0) is 12.5. The van der Waals surface area contributed by atoms with E-state index in [0.29, 0.717) is 0 Å². The molecule has 92 valence electrons. The zero-order valence-electron chi connectivity index (χ0n) is 10.8. The molecule has 1 heterocycles. The summed E-state index contributed by atoms with van der Waals surface area (Å²) in [6.07, 6.45) is 0. The molecule has 1 unspecified atom stereocenters. The lowest BCUT2D eigenvalue weighted by Gasteiger charge is -2.22. The molecule has 0 spiro atoms. The molecule has 1 atom stereocenters. The molecule has 1 aromatic heterocycles. The second-order valence-electron chi connectivity index (χ2n) is 5.24. The minimum absolute atomic E-state index is 0.162. The Morgan fingerprint density at radius 3 is 2.59 bits per heavy atom. The number of rotatable bonds is 3. The fourth-order valence-electron chi connectivity index (χ4n) is 1.54. The number of hydrogen-bond donors (Lipinski definition) is 1. The van der Waals surface area contributed by atoms with Gasteiger partial charge in [0.25, 0.3) is 0 Å². The van der Waals surface area contributed by atoms with Gasteiger partial charge in [0.15, 0.2) is 0 Å². The monoisotopic (exact) mass is 249 g/mol. The summed E-state index contributed by atoms with van der Waals surface area (Å²) in [4.78, 5) is 6.90. The van der Waals surface area contributed by atoms with Crippen molar-refractivity contribution < 1.29 is 4.84 Å². The molecular weight excluding hydrogens is 230 g/mol. The van der Waals surface area contributed by atoms with E-state index in [-0.39, 0.29) is 11.6 Å². The van der Waals surface area contributed by atoms with Crippen LogP contribution in [0.1, 0.15) is 38.6 Å². The van der Waals surface area contributed by atoms with Crippen LogP contribution in [0.5, 0.6) is 0 Å². The van der Waals surface area contributed by atoms with Gasteiger partial charge in [0.05, 0.1) is 11.6 Å². The Morgan fingerprint density at radius 2 is 1.94 bits per heavy atom. The number of thiophene rings is 1. The standard InChI is InChI=1S/C14H19NOS/c1-10(15-16-14(2,3)4)13-9-11-7-5-6-8-12(11)17-13/h5-10,15H,1-4H3. The van der Waals surface area contributed by atoms with Gasteiger partial charge < -0.3 is 0 Å². The predicted octanol–water partition coefficient (Wildman–Crippen LogP) is 4.28. The topological polar surface area (TPSA) is 21.3 Å². The van der Waals surface area contributed by atoms with E-state index in [1.165, 1.54) is 15.0 Å². The first-order chi connectivity index (χ1) is 7.96. The van der Waals surface area contributed by atoms with Gasteiger partial charge in [-0.1, -0.05) is 18.2 Å². The molecule has 0 radical (unpaired) electrons. The van der Waals surface area contributed by atoms with E-state index in [1.807, 2.05) is 32.1 Å². The minimum Gasteiger partial charge on any atom is -0.295 e. The highest BCUT2D eigenvalue weighted by molar-refractivity contribution is 7.19. The number of hydroxylamine groups is 1. The van der Waals surface area contributed by atoms with Gasteiger partial charge >= 0.3 is 0 Å². The summed E-state index contributed by atoms with van der Waals surface area (Å²) >= 11 is 1.81. The Labute approximate surface area is 107 Å². The Bertz CT molecular complexity index is 465.